The maximum Gasteiger partial charge on any atom is 0.237 e. The van der Waals surface area contributed by atoms with Crippen LogP contribution >= 0.6 is 0 Å². The van der Waals surface area contributed by atoms with Gasteiger partial charge in [-0.05, 0) is 30.5 Å². The monoisotopic (exact) mass is 351 g/mol. The zero-order chi connectivity index (χ0) is 18.4. The van der Waals surface area contributed by atoms with E-state index in [1.165, 1.54) is 11.1 Å². The Morgan fingerprint density at radius 3 is 2.35 bits per heavy atom. The number of nitrogens with zero attached hydrogens (tertiary/aromatic N) is 2. The van der Waals surface area contributed by atoms with Crippen LogP contribution in [-0.4, -0.2) is 47.9 Å². The predicted molar refractivity (Wildman–Crippen MR) is 106 cm³/mol. The first-order chi connectivity index (χ1) is 12.6. The zero-order valence-corrected chi connectivity index (χ0v) is 15.8. The van der Waals surface area contributed by atoms with Crippen molar-refractivity contribution in [1.29, 1.82) is 0 Å². The fraction of sp³-hybridized carbons (Fsp3) is 0.409. The van der Waals surface area contributed by atoms with Crippen LogP contribution in [0.5, 0.6) is 0 Å². The molecule has 0 aliphatic carbocycles. The summed E-state index contributed by atoms with van der Waals surface area (Å²) < 4.78 is 0. The van der Waals surface area contributed by atoms with Crippen LogP contribution < -0.4 is 5.32 Å². The third kappa shape index (κ3) is 4.93. The van der Waals surface area contributed by atoms with E-state index in [2.05, 4.69) is 46.3 Å². The van der Waals surface area contributed by atoms with Gasteiger partial charge in [0.15, 0.2) is 0 Å². The van der Waals surface area contributed by atoms with Crippen molar-refractivity contribution in [2.75, 3.05) is 26.2 Å². The number of aryl methyl sites for hydroxylation is 1. The Balaban J connectivity index is 1.45. The van der Waals surface area contributed by atoms with Crippen LogP contribution in [0, 0.1) is 6.92 Å². The van der Waals surface area contributed by atoms with Gasteiger partial charge in [0, 0.05) is 39.3 Å². The number of piperazine rings is 1. The molecular weight excluding hydrogens is 322 g/mol. The highest BCUT2D eigenvalue weighted by molar-refractivity contribution is 5.81. The molecule has 0 radical (unpaired) electrons. The van der Waals surface area contributed by atoms with Crippen LogP contribution in [0.25, 0.3) is 0 Å². The van der Waals surface area contributed by atoms with E-state index in [0.29, 0.717) is 6.54 Å². The number of amides is 1. The Morgan fingerprint density at radius 2 is 1.65 bits per heavy atom. The molecule has 138 valence electrons. The summed E-state index contributed by atoms with van der Waals surface area (Å²) in [6, 6.07) is 18.6. The first-order valence-electron chi connectivity index (χ1n) is 9.46. The highest BCUT2D eigenvalue weighted by atomic mass is 16.2. The summed E-state index contributed by atoms with van der Waals surface area (Å²) in [5.74, 6) is 0.112. The molecule has 2 aromatic carbocycles. The summed E-state index contributed by atoms with van der Waals surface area (Å²) in [4.78, 5) is 17.2. The molecule has 1 fully saturated rings. The Labute approximate surface area is 156 Å². The van der Waals surface area contributed by atoms with Gasteiger partial charge in [-0.1, -0.05) is 54.6 Å². The molecule has 0 saturated carbocycles. The summed E-state index contributed by atoms with van der Waals surface area (Å²) in [5.41, 5.74) is 3.88. The zero-order valence-electron chi connectivity index (χ0n) is 15.8. The van der Waals surface area contributed by atoms with Gasteiger partial charge in [-0.2, -0.15) is 0 Å². The maximum absolute atomic E-state index is 12.5. The third-order valence-corrected chi connectivity index (χ3v) is 5.30. The van der Waals surface area contributed by atoms with Gasteiger partial charge in [0.2, 0.25) is 5.91 Å². The van der Waals surface area contributed by atoms with Gasteiger partial charge in [-0.3, -0.25) is 14.6 Å². The van der Waals surface area contributed by atoms with Crippen molar-refractivity contribution < 1.29 is 4.79 Å². The van der Waals surface area contributed by atoms with E-state index in [4.69, 9.17) is 0 Å². The molecule has 1 saturated heterocycles. The molecule has 1 aliphatic heterocycles. The summed E-state index contributed by atoms with van der Waals surface area (Å²) >= 11 is 0. The van der Waals surface area contributed by atoms with Crippen molar-refractivity contribution in [3.8, 4) is 0 Å². The topological polar surface area (TPSA) is 35.6 Å². The third-order valence-electron chi connectivity index (χ3n) is 5.30. The minimum Gasteiger partial charge on any atom is -0.351 e. The molecule has 0 spiro atoms. The van der Waals surface area contributed by atoms with E-state index in [9.17, 15) is 4.79 Å². The minimum atomic E-state index is -0.0840. The average molecular weight is 351 g/mol. The van der Waals surface area contributed by atoms with Crippen LogP contribution in [-0.2, 0) is 17.9 Å². The van der Waals surface area contributed by atoms with E-state index < -0.39 is 0 Å². The molecular formula is C22H29N3O. The molecule has 4 nitrogen and oxygen atoms in total. The molecule has 1 aliphatic rings. The van der Waals surface area contributed by atoms with Gasteiger partial charge in [-0.15, -0.1) is 0 Å². The van der Waals surface area contributed by atoms with Gasteiger partial charge in [0.05, 0.1) is 6.04 Å². The molecule has 1 N–H and O–H groups in total. The molecule has 0 aromatic heterocycles. The van der Waals surface area contributed by atoms with Crippen molar-refractivity contribution in [2.24, 2.45) is 0 Å². The van der Waals surface area contributed by atoms with E-state index in [-0.39, 0.29) is 11.9 Å². The van der Waals surface area contributed by atoms with E-state index in [1.54, 1.807) is 0 Å². The molecule has 1 amide bonds. The fourth-order valence-electron chi connectivity index (χ4n) is 3.44. The summed E-state index contributed by atoms with van der Waals surface area (Å²) in [6.07, 6.45) is 0. The first kappa shape index (κ1) is 18.6. The Kier molecular flexibility index (Phi) is 6.42. The van der Waals surface area contributed by atoms with Crippen molar-refractivity contribution in [3.05, 3.63) is 71.3 Å². The molecule has 1 heterocycles. The molecule has 0 unspecified atom stereocenters. The highest BCUT2D eigenvalue weighted by Gasteiger charge is 2.25. The largest absolute Gasteiger partial charge is 0.351 e. The second-order valence-corrected chi connectivity index (χ2v) is 7.12. The van der Waals surface area contributed by atoms with Crippen molar-refractivity contribution in [1.82, 2.24) is 15.1 Å². The summed E-state index contributed by atoms with van der Waals surface area (Å²) in [5, 5.41) is 3.06. The van der Waals surface area contributed by atoms with Crippen LogP contribution in [0.2, 0.25) is 0 Å². The minimum absolute atomic E-state index is 0.0840. The lowest BCUT2D eigenvalue weighted by Crippen LogP contribution is -2.53. The van der Waals surface area contributed by atoms with E-state index in [0.717, 1.165) is 38.3 Å². The molecule has 4 heteroatoms. The van der Waals surface area contributed by atoms with Gasteiger partial charge >= 0.3 is 0 Å². The highest BCUT2D eigenvalue weighted by Crippen LogP contribution is 2.13. The van der Waals surface area contributed by atoms with Crippen molar-refractivity contribution in [3.63, 3.8) is 0 Å². The van der Waals surface area contributed by atoms with Crippen LogP contribution in [0.4, 0.5) is 0 Å². The number of carbonyl (C=O) groups is 1. The fourth-order valence-corrected chi connectivity index (χ4v) is 3.44. The van der Waals surface area contributed by atoms with Crippen molar-refractivity contribution in [2.45, 2.75) is 33.0 Å². The summed E-state index contributed by atoms with van der Waals surface area (Å²) in [7, 11) is 0. The second kappa shape index (κ2) is 8.97. The molecule has 3 rings (SSSR count). The standard InChI is InChI=1S/C22H29N3O/c1-18-8-6-7-11-21(18)17-24-12-14-25(15-13-24)19(2)22(26)23-16-20-9-4-3-5-10-20/h3-11,19H,12-17H2,1-2H3,(H,23,26)/t19-/m0/s1. The smallest absolute Gasteiger partial charge is 0.237 e. The van der Waals surface area contributed by atoms with Crippen LogP contribution in [0.15, 0.2) is 54.6 Å². The number of carbonyl (C=O) groups excluding carboxylic acids is 1. The Hall–Kier alpha value is -2.17. The lowest BCUT2D eigenvalue weighted by atomic mass is 10.1. The predicted octanol–water partition coefficient (Wildman–Crippen LogP) is 2.82. The Bertz CT molecular complexity index is 708. The number of benzene rings is 2. The molecule has 0 bridgehead atoms. The van der Waals surface area contributed by atoms with Gasteiger partial charge in [0.1, 0.15) is 0 Å². The number of nitrogens with one attached hydrogen (secondary N) is 1. The molecule has 26 heavy (non-hydrogen) atoms. The van der Waals surface area contributed by atoms with Crippen LogP contribution in [0.3, 0.4) is 0 Å². The second-order valence-electron chi connectivity index (χ2n) is 7.12. The van der Waals surface area contributed by atoms with Gasteiger partial charge < -0.3 is 5.32 Å². The van der Waals surface area contributed by atoms with Crippen LogP contribution in [0.1, 0.15) is 23.6 Å². The van der Waals surface area contributed by atoms with E-state index in [1.807, 2.05) is 37.3 Å². The number of hydrogen-bond acceptors (Lipinski definition) is 3. The molecule has 2 aromatic rings. The van der Waals surface area contributed by atoms with Gasteiger partial charge in [-0.25, -0.2) is 0 Å². The normalized spacial score (nSPS) is 17.0. The van der Waals surface area contributed by atoms with E-state index >= 15 is 0 Å². The first-order valence-corrected chi connectivity index (χ1v) is 9.46. The molecule has 1 atom stereocenters. The number of rotatable bonds is 6. The lowest BCUT2D eigenvalue weighted by molar-refractivity contribution is -0.126. The quantitative estimate of drug-likeness (QED) is 0.869. The SMILES string of the molecule is Cc1ccccc1CN1CCN([C@@H](C)C(=O)NCc2ccccc2)CC1. The summed E-state index contributed by atoms with van der Waals surface area (Å²) in [6.45, 7) is 9.65. The van der Waals surface area contributed by atoms with Crippen molar-refractivity contribution >= 4 is 5.91 Å². The number of hydrogen-bond donors (Lipinski definition) is 1. The maximum atomic E-state index is 12.5. The van der Waals surface area contributed by atoms with Gasteiger partial charge in [0.25, 0.3) is 0 Å². The lowest BCUT2D eigenvalue weighted by Gasteiger charge is -2.37. The average Bonchev–Trinajstić information content (AvgIpc) is 2.69. The Morgan fingerprint density at radius 1 is 1.00 bits per heavy atom.